The number of aromatic hydroxyl groups is 1. The SMILES string of the molecule is CCOC(=O)C1=C(C)N=c2s/c(=C/c3cc(Br)c(O)c(OC)c3)c(=O)n2C1c1ccc2c(c1)OCO2. The highest BCUT2D eigenvalue weighted by Crippen LogP contribution is 2.38. The minimum Gasteiger partial charge on any atom is -0.503 e. The molecule has 2 aliphatic heterocycles. The molecule has 36 heavy (non-hydrogen) atoms. The summed E-state index contributed by atoms with van der Waals surface area (Å²) in [7, 11) is 1.45. The number of hydrogen-bond acceptors (Lipinski definition) is 9. The molecular weight excluding hydrogens is 552 g/mol. The van der Waals surface area contributed by atoms with Crippen LogP contribution in [0.4, 0.5) is 0 Å². The van der Waals surface area contributed by atoms with E-state index in [0.717, 1.165) is 0 Å². The number of phenols is 1. The van der Waals surface area contributed by atoms with Crippen molar-refractivity contribution in [3.05, 3.63) is 76.9 Å². The summed E-state index contributed by atoms with van der Waals surface area (Å²) in [6, 6.07) is 7.87. The number of carbonyl (C=O) groups is 1. The van der Waals surface area contributed by atoms with Crippen molar-refractivity contribution in [1.29, 1.82) is 0 Å². The van der Waals surface area contributed by atoms with E-state index in [9.17, 15) is 14.7 Å². The first-order valence-electron chi connectivity index (χ1n) is 11.0. The molecule has 0 spiro atoms. The second-order valence-electron chi connectivity index (χ2n) is 7.97. The Morgan fingerprint density at radius 3 is 2.83 bits per heavy atom. The topological polar surface area (TPSA) is 109 Å². The van der Waals surface area contributed by atoms with Crippen molar-refractivity contribution >= 4 is 39.3 Å². The number of rotatable bonds is 5. The summed E-state index contributed by atoms with van der Waals surface area (Å²) in [5.74, 6) is 0.823. The van der Waals surface area contributed by atoms with E-state index in [4.69, 9.17) is 18.9 Å². The van der Waals surface area contributed by atoms with E-state index in [-0.39, 0.29) is 36.0 Å². The average molecular weight is 573 g/mol. The molecule has 2 aliphatic rings. The summed E-state index contributed by atoms with van der Waals surface area (Å²) < 4.78 is 23.9. The van der Waals surface area contributed by atoms with Gasteiger partial charge in [0.2, 0.25) is 6.79 Å². The Labute approximate surface area is 217 Å². The number of carbonyl (C=O) groups excluding carboxylic acids is 1. The number of phenolic OH excluding ortho intramolecular Hbond substituents is 1. The van der Waals surface area contributed by atoms with Crippen molar-refractivity contribution < 1.29 is 28.8 Å². The number of ether oxygens (including phenoxy) is 4. The van der Waals surface area contributed by atoms with Crippen LogP contribution in [0, 0.1) is 0 Å². The lowest BCUT2D eigenvalue weighted by Gasteiger charge is -2.24. The largest absolute Gasteiger partial charge is 0.503 e. The molecule has 2 aromatic carbocycles. The Balaban J connectivity index is 1.72. The lowest BCUT2D eigenvalue weighted by Crippen LogP contribution is -2.39. The van der Waals surface area contributed by atoms with Gasteiger partial charge in [-0.25, -0.2) is 9.79 Å². The Morgan fingerprint density at radius 1 is 1.31 bits per heavy atom. The molecule has 11 heteroatoms. The third-order valence-corrected chi connectivity index (χ3v) is 7.39. The molecule has 1 atom stereocenters. The van der Waals surface area contributed by atoms with Crippen LogP contribution in [0.15, 0.2) is 55.9 Å². The first-order valence-corrected chi connectivity index (χ1v) is 12.6. The van der Waals surface area contributed by atoms with Crippen molar-refractivity contribution in [2.24, 2.45) is 4.99 Å². The van der Waals surface area contributed by atoms with E-state index in [0.29, 0.717) is 42.1 Å². The molecule has 3 aromatic rings. The first-order chi connectivity index (χ1) is 17.3. The molecule has 5 rings (SSSR count). The maximum atomic E-state index is 13.7. The molecule has 1 N–H and O–H groups in total. The van der Waals surface area contributed by atoms with E-state index in [1.54, 1.807) is 50.3 Å². The highest BCUT2D eigenvalue weighted by Gasteiger charge is 2.34. The van der Waals surface area contributed by atoms with Gasteiger partial charge in [0.25, 0.3) is 5.56 Å². The highest BCUT2D eigenvalue weighted by molar-refractivity contribution is 9.10. The maximum absolute atomic E-state index is 13.7. The Hall–Kier alpha value is -3.57. The third kappa shape index (κ3) is 4.07. The van der Waals surface area contributed by atoms with E-state index in [2.05, 4.69) is 20.9 Å². The third-order valence-electron chi connectivity index (χ3n) is 5.80. The summed E-state index contributed by atoms with van der Waals surface area (Å²) >= 11 is 4.51. The zero-order chi connectivity index (χ0) is 25.6. The predicted octanol–water partition coefficient (Wildman–Crippen LogP) is 3.00. The van der Waals surface area contributed by atoms with Gasteiger partial charge in [-0.15, -0.1) is 0 Å². The van der Waals surface area contributed by atoms with Crippen LogP contribution in [0.1, 0.15) is 31.0 Å². The van der Waals surface area contributed by atoms with Crippen molar-refractivity contribution in [3.8, 4) is 23.0 Å². The van der Waals surface area contributed by atoms with Gasteiger partial charge in [-0.1, -0.05) is 17.4 Å². The van der Waals surface area contributed by atoms with Gasteiger partial charge in [-0.3, -0.25) is 9.36 Å². The van der Waals surface area contributed by atoms with Gasteiger partial charge in [-0.05, 0) is 71.2 Å². The molecule has 0 fully saturated rings. The quantitative estimate of drug-likeness (QED) is 0.468. The number of methoxy groups -OCH3 is 1. The summed E-state index contributed by atoms with van der Waals surface area (Å²) in [5, 5.41) is 10.1. The van der Waals surface area contributed by atoms with Crippen LogP contribution >= 0.6 is 27.3 Å². The fourth-order valence-corrected chi connectivity index (χ4v) is 5.68. The van der Waals surface area contributed by atoms with Crippen molar-refractivity contribution in [2.75, 3.05) is 20.5 Å². The molecule has 0 amide bonds. The smallest absolute Gasteiger partial charge is 0.338 e. The Kier molecular flexibility index (Phi) is 6.35. The predicted molar refractivity (Wildman–Crippen MR) is 135 cm³/mol. The van der Waals surface area contributed by atoms with Gasteiger partial charge in [-0.2, -0.15) is 0 Å². The van der Waals surface area contributed by atoms with Crippen LogP contribution in [0.25, 0.3) is 6.08 Å². The van der Waals surface area contributed by atoms with Crippen LogP contribution in [-0.4, -0.2) is 36.2 Å². The summed E-state index contributed by atoms with van der Waals surface area (Å²) in [5.41, 5.74) is 1.74. The lowest BCUT2D eigenvalue weighted by molar-refractivity contribution is -0.139. The number of halogens is 1. The van der Waals surface area contributed by atoms with Gasteiger partial charge in [0.1, 0.15) is 0 Å². The van der Waals surface area contributed by atoms with E-state index < -0.39 is 12.0 Å². The van der Waals surface area contributed by atoms with E-state index >= 15 is 0 Å². The minimum atomic E-state index is -0.766. The molecule has 0 saturated heterocycles. The molecule has 0 aliphatic carbocycles. The molecule has 186 valence electrons. The summed E-state index contributed by atoms with van der Waals surface area (Å²) in [6.45, 7) is 3.74. The molecular formula is C25H21BrN2O7S. The number of thiazole rings is 1. The molecule has 3 heterocycles. The first kappa shape index (κ1) is 24.1. The fourth-order valence-electron chi connectivity index (χ4n) is 4.17. The zero-order valence-corrected chi connectivity index (χ0v) is 21.9. The van der Waals surface area contributed by atoms with Crippen LogP contribution in [0.2, 0.25) is 0 Å². The van der Waals surface area contributed by atoms with Crippen molar-refractivity contribution in [2.45, 2.75) is 19.9 Å². The number of esters is 1. The number of aromatic nitrogens is 1. The van der Waals surface area contributed by atoms with Crippen LogP contribution < -0.4 is 29.1 Å². The number of benzene rings is 2. The zero-order valence-electron chi connectivity index (χ0n) is 19.5. The van der Waals surface area contributed by atoms with Gasteiger partial charge in [0, 0.05) is 0 Å². The van der Waals surface area contributed by atoms with E-state index in [1.807, 2.05) is 0 Å². The highest BCUT2D eigenvalue weighted by atomic mass is 79.9. The van der Waals surface area contributed by atoms with Crippen LogP contribution in [-0.2, 0) is 9.53 Å². The molecule has 0 bridgehead atoms. The van der Waals surface area contributed by atoms with Gasteiger partial charge >= 0.3 is 5.97 Å². The standard InChI is InChI=1S/C25H21BrN2O7S/c1-4-33-24(31)20-12(2)27-25-28(21(20)14-5-6-16-17(10-14)35-11-34-16)23(30)19(36-25)9-13-7-15(26)22(29)18(8-13)32-3/h5-10,21,29H,4,11H2,1-3H3/b19-9+. The number of fused-ring (bicyclic) bond motifs is 2. The Bertz CT molecular complexity index is 1610. The maximum Gasteiger partial charge on any atom is 0.338 e. The van der Waals surface area contributed by atoms with Crippen molar-refractivity contribution in [3.63, 3.8) is 0 Å². The second kappa shape index (κ2) is 9.47. The monoisotopic (exact) mass is 572 g/mol. The minimum absolute atomic E-state index is 0.0337. The van der Waals surface area contributed by atoms with Crippen molar-refractivity contribution in [1.82, 2.24) is 4.57 Å². The lowest BCUT2D eigenvalue weighted by atomic mass is 9.95. The molecule has 1 unspecified atom stereocenters. The number of hydrogen-bond donors (Lipinski definition) is 1. The fraction of sp³-hybridized carbons (Fsp3) is 0.240. The summed E-state index contributed by atoms with van der Waals surface area (Å²) in [4.78, 5) is 31.8. The van der Waals surface area contributed by atoms with E-state index in [1.165, 1.54) is 23.0 Å². The normalized spacial score (nSPS) is 16.6. The summed E-state index contributed by atoms with van der Waals surface area (Å²) in [6.07, 6.45) is 1.69. The van der Waals surface area contributed by atoms with Crippen LogP contribution in [0.3, 0.4) is 0 Å². The molecule has 0 radical (unpaired) electrons. The average Bonchev–Trinajstić information content (AvgIpc) is 3.44. The van der Waals surface area contributed by atoms with Gasteiger partial charge in [0.05, 0.1) is 40.0 Å². The van der Waals surface area contributed by atoms with Crippen LogP contribution in [0.5, 0.6) is 23.0 Å². The Morgan fingerprint density at radius 2 is 2.08 bits per heavy atom. The number of allylic oxidation sites excluding steroid dienone is 1. The van der Waals surface area contributed by atoms with Gasteiger partial charge in [0.15, 0.2) is 27.8 Å². The second-order valence-corrected chi connectivity index (χ2v) is 9.83. The molecule has 1 aromatic heterocycles. The number of nitrogens with zero attached hydrogens (tertiary/aromatic N) is 2. The molecule has 0 saturated carbocycles. The van der Waals surface area contributed by atoms with Gasteiger partial charge < -0.3 is 24.1 Å². The molecule has 9 nitrogen and oxygen atoms in total.